The molecule has 33 heavy (non-hydrogen) atoms. The monoisotopic (exact) mass is 510 g/mol. The van der Waals surface area contributed by atoms with Gasteiger partial charge < -0.3 is 10.3 Å². The summed E-state index contributed by atoms with van der Waals surface area (Å²) >= 11 is 12.3. The maximum atomic E-state index is 13.7. The van der Waals surface area contributed by atoms with Gasteiger partial charge in [-0.25, -0.2) is 12.8 Å². The quantitative estimate of drug-likeness (QED) is 0.481. The fraction of sp³-hybridized carbons (Fsp3) is 0.217. The fourth-order valence-corrected chi connectivity index (χ4v) is 4.96. The van der Waals surface area contributed by atoms with Gasteiger partial charge in [0.1, 0.15) is 5.82 Å². The predicted octanol–water partition coefficient (Wildman–Crippen LogP) is 4.12. The number of nitrogens with two attached hydrogens (primary N) is 1. The van der Waals surface area contributed by atoms with Crippen molar-refractivity contribution < 1.29 is 17.6 Å². The Morgan fingerprint density at radius 3 is 2.30 bits per heavy atom. The molecular formula is C23H21Cl2FN2O4S. The Morgan fingerprint density at radius 1 is 1.09 bits per heavy atom. The summed E-state index contributed by atoms with van der Waals surface area (Å²) in [5, 5.41) is -0.318. The first kappa shape index (κ1) is 25.1. The third kappa shape index (κ3) is 5.35. The number of ketones is 1. The molecule has 0 saturated carbocycles. The average molecular weight is 511 g/mol. The van der Waals surface area contributed by atoms with Gasteiger partial charge in [-0.1, -0.05) is 42.3 Å². The van der Waals surface area contributed by atoms with Crippen LogP contribution in [0.2, 0.25) is 10.0 Å². The van der Waals surface area contributed by atoms with E-state index in [1.807, 2.05) is 0 Å². The second kappa shape index (κ2) is 9.77. The van der Waals surface area contributed by atoms with Crippen LogP contribution in [0.4, 0.5) is 4.39 Å². The number of carbonyl (C=O) groups is 1. The highest BCUT2D eigenvalue weighted by molar-refractivity contribution is 7.90. The topological polar surface area (TPSA) is 99.2 Å². The van der Waals surface area contributed by atoms with Gasteiger partial charge in [-0.05, 0) is 34.9 Å². The first-order chi connectivity index (χ1) is 15.5. The van der Waals surface area contributed by atoms with E-state index in [0.717, 1.165) is 12.1 Å². The normalized spacial score (nSPS) is 11.6. The van der Waals surface area contributed by atoms with E-state index in [4.69, 9.17) is 28.9 Å². The van der Waals surface area contributed by atoms with Gasteiger partial charge in [0.05, 0.1) is 21.4 Å². The Morgan fingerprint density at radius 2 is 1.73 bits per heavy atom. The molecular weight excluding hydrogens is 490 g/mol. The van der Waals surface area contributed by atoms with Crippen LogP contribution >= 0.6 is 23.2 Å². The van der Waals surface area contributed by atoms with Crippen LogP contribution in [-0.2, 0) is 29.2 Å². The molecule has 174 valence electrons. The number of hydrogen-bond donors (Lipinski definition) is 1. The maximum absolute atomic E-state index is 13.7. The number of hydrogen-bond acceptors (Lipinski definition) is 5. The van der Waals surface area contributed by atoms with Crippen molar-refractivity contribution >= 4 is 38.8 Å². The molecule has 3 rings (SSSR count). The molecule has 0 spiro atoms. The predicted molar refractivity (Wildman–Crippen MR) is 128 cm³/mol. The van der Waals surface area contributed by atoms with Crippen LogP contribution in [0.3, 0.4) is 0 Å². The molecule has 0 saturated heterocycles. The van der Waals surface area contributed by atoms with E-state index in [1.165, 1.54) is 29.0 Å². The highest BCUT2D eigenvalue weighted by Gasteiger charge is 2.23. The highest BCUT2D eigenvalue weighted by Crippen LogP contribution is 2.34. The summed E-state index contributed by atoms with van der Waals surface area (Å²) in [7, 11) is -1.81. The van der Waals surface area contributed by atoms with E-state index < -0.39 is 21.4 Å². The number of halogens is 3. The largest absolute Gasteiger partial charge is 0.326 e. The zero-order valence-electron chi connectivity index (χ0n) is 17.9. The lowest BCUT2D eigenvalue weighted by Crippen LogP contribution is -2.18. The zero-order valence-corrected chi connectivity index (χ0v) is 20.2. The molecule has 0 bridgehead atoms. The second-order valence-corrected chi connectivity index (χ2v) is 10.7. The smallest absolute Gasteiger partial charge is 0.250 e. The van der Waals surface area contributed by atoms with Crippen molar-refractivity contribution in [3.05, 3.63) is 91.1 Å². The minimum Gasteiger partial charge on any atom is -0.326 e. The van der Waals surface area contributed by atoms with Crippen LogP contribution in [0.5, 0.6) is 0 Å². The Balaban J connectivity index is 2.31. The molecule has 1 heterocycles. The summed E-state index contributed by atoms with van der Waals surface area (Å²) in [6, 6.07) is 7.90. The van der Waals surface area contributed by atoms with E-state index in [-0.39, 0.29) is 44.8 Å². The van der Waals surface area contributed by atoms with Crippen LogP contribution in [-0.4, -0.2) is 24.5 Å². The van der Waals surface area contributed by atoms with Gasteiger partial charge in [-0.2, -0.15) is 0 Å². The Labute approximate surface area is 200 Å². The minimum atomic E-state index is -3.35. The lowest BCUT2D eigenvalue weighted by Gasteiger charge is -2.16. The van der Waals surface area contributed by atoms with Crippen molar-refractivity contribution in [2.75, 3.05) is 5.75 Å². The number of rotatable bonds is 7. The van der Waals surface area contributed by atoms with Crippen LogP contribution in [0.1, 0.15) is 34.0 Å². The van der Waals surface area contributed by atoms with Crippen molar-refractivity contribution in [2.24, 2.45) is 12.8 Å². The van der Waals surface area contributed by atoms with Crippen molar-refractivity contribution in [2.45, 2.75) is 19.2 Å². The molecule has 0 unspecified atom stereocenters. The SMILES string of the molecule is CCS(=O)(=O)Cc1ccc(C(=O)c2c(Cl)cc(F)cc2Cl)c(-c2cn(C)c(=O)cc2CN)c1. The molecule has 2 aromatic carbocycles. The van der Waals surface area contributed by atoms with Crippen molar-refractivity contribution in [3.63, 3.8) is 0 Å². The molecule has 2 N–H and O–H groups in total. The third-order valence-corrected chi connectivity index (χ3v) is 7.46. The molecule has 0 fully saturated rings. The van der Waals surface area contributed by atoms with Gasteiger partial charge in [0.2, 0.25) is 0 Å². The molecule has 6 nitrogen and oxygen atoms in total. The number of aryl methyl sites for hydroxylation is 1. The Hall–Kier alpha value is -2.52. The van der Waals surface area contributed by atoms with E-state index in [9.17, 15) is 22.4 Å². The van der Waals surface area contributed by atoms with Gasteiger partial charge in [0, 0.05) is 42.7 Å². The van der Waals surface area contributed by atoms with E-state index in [2.05, 4.69) is 0 Å². The molecule has 0 aliphatic carbocycles. The molecule has 0 radical (unpaired) electrons. The number of benzene rings is 2. The number of nitrogens with zero attached hydrogens (tertiary/aromatic N) is 1. The average Bonchev–Trinajstić information content (AvgIpc) is 2.74. The lowest BCUT2D eigenvalue weighted by molar-refractivity contribution is 0.103. The van der Waals surface area contributed by atoms with Crippen molar-refractivity contribution in [3.8, 4) is 11.1 Å². The number of pyridine rings is 1. The molecule has 0 atom stereocenters. The Kier molecular flexibility index (Phi) is 7.43. The van der Waals surface area contributed by atoms with Crippen molar-refractivity contribution in [1.29, 1.82) is 0 Å². The first-order valence-electron chi connectivity index (χ1n) is 9.90. The molecule has 0 aliphatic rings. The van der Waals surface area contributed by atoms with E-state index in [0.29, 0.717) is 22.3 Å². The second-order valence-electron chi connectivity index (χ2n) is 7.50. The number of sulfone groups is 1. The van der Waals surface area contributed by atoms with Crippen LogP contribution in [0, 0.1) is 5.82 Å². The number of aromatic nitrogens is 1. The van der Waals surface area contributed by atoms with Crippen LogP contribution in [0.25, 0.3) is 11.1 Å². The third-order valence-electron chi connectivity index (χ3n) is 5.21. The summed E-state index contributed by atoms with van der Waals surface area (Å²) in [6.45, 7) is 1.56. The summed E-state index contributed by atoms with van der Waals surface area (Å²) < 4.78 is 39.4. The molecule has 1 aromatic heterocycles. The van der Waals surface area contributed by atoms with Crippen molar-refractivity contribution in [1.82, 2.24) is 4.57 Å². The van der Waals surface area contributed by atoms with Gasteiger partial charge in [-0.15, -0.1) is 0 Å². The lowest BCUT2D eigenvalue weighted by atomic mass is 9.91. The Bertz CT molecular complexity index is 1400. The van der Waals surface area contributed by atoms with Gasteiger partial charge in [-0.3, -0.25) is 9.59 Å². The number of carbonyl (C=O) groups excluding carboxylic acids is 1. The molecule has 3 aromatic rings. The fourth-order valence-electron chi connectivity index (χ4n) is 3.43. The summed E-state index contributed by atoms with van der Waals surface area (Å²) in [4.78, 5) is 25.6. The van der Waals surface area contributed by atoms with Gasteiger partial charge >= 0.3 is 0 Å². The first-order valence-corrected chi connectivity index (χ1v) is 12.5. The maximum Gasteiger partial charge on any atom is 0.250 e. The van der Waals surface area contributed by atoms with Gasteiger partial charge in [0.25, 0.3) is 5.56 Å². The summed E-state index contributed by atoms with van der Waals surface area (Å²) in [5.74, 6) is -1.54. The van der Waals surface area contributed by atoms with E-state index in [1.54, 1.807) is 20.0 Å². The highest BCUT2D eigenvalue weighted by atomic mass is 35.5. The standard InChI is InChI=1S/C23H21Cl2FN2O4S/c1-3-33(31,32)12-13-4-5-16(23(30)22-19(24)8-15(26)9-20(22)25)17(6-13)18-11-28(2)21(29)7-14(18)10-27/h4-9,11H,3,10,12,27H2,1-2H3. The van der Waals surface area contributed by atoms with Gasteiger partial charge in [0.15, 0.2) is 15.6 Å². The molecule has 10 heteroatoms. The van der Waals surface area contributed by atoms with Crippen LogP contribution < -0.4 is 11.3 Å². The molecule has 0 amide bonds. The van der Waals surface area contributed by atoms with Crippen LogP contribution in [0.15, 0.2) is 47.4 Å². The summed E-state index contributed by atoms with van der Waals surface area (Å²) in [5.41, 5.74) is 7.39. The molecule has 0 aliphatic heterocycles. The summed E-state index contributed by atoms with van der Waals surface area (Å²) in [6.07, 6.45) is 1.53. The zero-order chi connectivity index (χ0) is 24.5. The minimum absolute atomic E-state index is 0.00852. The van der Waals surface area contributed by atoms with E-state index >= 15 is 0 Å².